The number of rotatable bonds is 5. The van der Waals surface area contributed by atoms with Crippen LogP contribution in [0.5, 0.6) is 0 Å². The van der Waals surface area contributed by atoms with Gasteiger partial charge in [0.2, 0.25) is 0 Å². The number of anilines is 1. The number of aromatic nitrogens is 1. The highest BCUT2D eigenvalue weighted by Crippen LogP contribution is 2.44. The van der Waals surface area contributed by atoms with Crippen LogP contribution in [0, 0.1) is 11.8 Å². The molecule has 2 aliphatic rings. The molecular weight excluding hydrogens is 308 g/mol. The molecule has 1 heterocycles. The van der Waals surface area contributed by atoms with Gasteiger partial charge in [0.15, 0.2) is 5.82 Å². The summed E-state index contributed by atoms with van der Waals surface area (Å²) in [5.74, 6) is 7.07. The van der Waals surface area contributed by atoms with Crippen LogP contribution in [0.3, 0.4) is 0 Å². The third-order valence-electron chi connectivity index (χ3n) is 3.79. The number of hydrogen-bond acceptors (Lipinski definition) is 4. The second kappa shape index (κ2) is 5.09. The van der Waals surface area contributed by atoms with Gasteiger partial charge >= 0.3 is 0 Å². The number of amides is 1. The molecule has 4 N–H and O–H groups in total. The smallest absolute Gasteiger partial charge is 0.255 e. The standard InChI is InChI=1S/C13H17BrN4O/c14-9-5-10(12(18-15)16-6-9)13(19)17-11(7-1-2-7)8-3-4-8/h5-8,11H,1-4,15H2,(H,16,18)(H,17,19). The van der Waals surface area contributed by atoms with Crippen molar-refractivity contribution in [3.05, 3.63) is 22.3 Å². The Hall–Kier alpha value is -1.14. The van der Waals surface area contributed by atoms with Gasteiger partial charge < -0.3 is 10.7 Å². The molecule has 19 heavy (non-hydrogen) atoms. The number of hydrazine groups is 1. The fraction of sp³-hybridized carbons (Fsp3) is 0.538. The molecule has 0 radical (unpaired) electrons. The number of hydrogen-bond donors (Lipinski definition) is 3. The summed E-state index contributed by atoms with van der Waals surface area (Å²) >= 11 is 3.33. The van der Waals surface area contributed by atoms with Gasteiger partial charge in [0.05, 0.1) is 5.56 Å². The molecule has 5 nitrogen and oxygen atoms in total. The van der Waals surface area contributed by atoms with E-state index in [2.05, 4.69) is 31.7 Å². The van der Waals surface area contributed by atoms with Crippen molar-refractivity contribution in [2.45, 2.75) is 31.7 Å². The van der Waals surface area contributed by atoms with Gasteiger partial charge in [-0.15, -0.1) is 0 Å². The zero-order chi connectivity index (χ0) is 13.4. The molecule has 0 saturated heterocycles. The lowest BCUT2D eigenvalue weighted by Gasteiger charge is -2.18. The Labute approximate surface area is 120 Å². The summed E-state index contributed by atoms with van der Waals surface area (Å²) in [4.78, 5) is 16.5. The lowest BCUT2D eigenvalue weighted by atomic mass is 10.1. The summed E-state index contributed by atoms with van der Waals surface area (Å²) in [6.45, 7) is 0. The maximum Gasteiger partial charge on any atom is 0.255 e. The molecule has 0 aromatic carbocycles. The minimum atomic E-state index is -0.0921. The molecule has 2 saturated carbocycles. The minimum Gasteiger partial charge on any atom is -0.349 e. The summed E-state index contributed by atoms with van der Waals surface area (Å²) in [5.41, 5.74) is 2.96. The zero-order valence-electron chi connectivity index (χ0n) is 10.5. The average molecular weight is 325 g/mol. The van der Waals surface area contributed by atoms with Crippen LogP contribution in [0.25, 0.3) is 0 Å². The number of carbonyl (C=O) groups excluding carboxylic acids is 1. The molecule has 0 atom stereocenters. The summed E-state index contributed by atoms with van der Waals surface area (Å²) in [6.07, 6.45) is 6.56. The van der Waals surface area contributed by atoms with E-state index in [1.165, 1.54) is 25.7 Å². The largest absolute Gasteiger partial charge is 0.349 e. The fourth-order valence-electron chi connectivity index (χ4n) is 2.49. The second-order valence-electron chi connectivity index (χ2n) is 5.37. The van der Waals surface area contributed by atoms with Gasteiger partial charge in [-0.25, -0.2) is 10.8 Å². The molecule has 1 aromatic heterocycles. The van der Waals surface area contributed by atoms with Crippen LogP contribution in [-0.2, 0) is 0 Å². The van der Waals surface area contributed by atoms with Crippen molar-refractivity contribution < 1.29 is 4.79 Å². The molecule has 2 aliphatic carbocycles. The Morgan fingerprint density at radius 2 is 2.00 bits per heavy atom. The Bertz CT molecular complexity index is 487. The molecule has 0 unspecified atom stereocenters. The lowest BCUT2D eigenvalue weighted by molar-refractivity contribution is 0.0926. The van der Waals surface area contributed by atoms with Crippen molar-refractivity contribution in [3.8, 4) is 0 Å². The molecule has 1 amide bonds. The summed E-state index contributed by atoms with van der Waals surface area (Å²) in [7, 11) is 0. The molecule has 3 rings (SSSR count). The summed E-state index contributed by atoms with van der Waals surface area (Å²) in [5, 5.41) is 3.16. The minimum absolute atomic E-state index is 0.0921. The van der Waals surface area contributed by atoms with E-state index >= 15 is 0 Å². The van der Waals surface area contributed by atoms with Gasteiger partial charge in [0.1, 0.15) is 0 Å². The first-order valence-corrected chi connectivity index (χ1v) is 7.41. The number of nitrogens with zero attached hydrogens (tertiary/aromatic N) is 1. The first kappa shape index (κ1) is 12.9. The lowest BCUT2D eigenvalue weighted by Crippen LogP contribution is -2.38. The van der Waals surface area contributed by atoms with Gasteiger partial charge in [-0.05, 0) is 59.5 Å². The fourth-order valence-corrected chi connectivity index (χ4v) is 2.82. The third-order valence-corrected chi connectivity index (χ3v) is 4.23. The number of halogens is 1. The van der Waals surface area contributed by atoms with Crippen LogP contribution in [0.1, 0.15) is 36.0 Å². The van der Waals surface area contributed by atoms with Gasteiger partial charge in [-0.3, -0.25) is 4.79 Å². The highest BCUT2D eigenvalue weighted by molar-refractivity contribution is 9.10. The molecule has 0 bridgehead atoms. The quantitative estimate of drug-likeness (QED) is 0.572. The Morgan fingerprint density at radius 3 is 2.53 bits per heavy atom. The average Bonchev–Trinajstić information content (AvgIpc) is 3.29. The van der Waals surface area contributed by atoms with E-state index in [-0.39, 0.29) is 5.91 Å². The monoisotopic (exact) mass is 324 g/mol. The van der Waals surface area contributed by atoms with Gasteiger partial charge in [-0.1, -0.05) is 0 Å². The van der Waals surface area contributed by atoms with Crippen LogP contribution in [0.15, 0.2) is 16.7 Å². The van der Waals surface area contributed by atoms with Crippen LogP contribution in [-0.4, -0.2) is 16.9 Å². The van der Waals surface area contributed by atoms with Crippen LogP contribution in [0.4, 0.5) is 5.82 Å². The van der Waals surface area contributed by atoms with Crippen molar-refractivity contribution in [2.24, 2.45) is 17.7 Å². The predicted molar refractivity (Wildman–Crippen MR) is 76.4 cm³/mol. The number of nitrogens with two attached hydrogens (primary N) is 1. The van der Waals surface area contributed by atoms with Crippen molar-refractivity contribution in [1.29, 1.82) is 0 Å². The maximum atomic E-state index is 12.4. The summed E-state index contributed by atoms with van der Waals surface area (Å²) in [6, 6.07) is 2.08. The predicted octanol–water partition coefficient (Wildman–Crippen LogP) is 2.05. The second-order valence-corrected chi connectivity index (χ2v) is 6.28. The van der Waals surface area contributed by atoms with E-state index < -0.39 is 0 Å². The molecule has 2 fully saturated rings. The van der Waals surface area contributed by atoms with Gasteiger partial charge in [0.25, 0.3) is 5.91 Å². The van der Waals surface area contributed by atoms with Crippen molar-refractivity contribution >= 4 is 27.7 Å². The van der Waals surface area contributed by atoms with Gasteiger partial charge in [0, 0.05) is 16.7 Å². The van der Waals surface area contributed by atoms with E-state index in [0.717, 1.165) is 4.47 Å². The SMILES string of the molecule is NNc1ncc(Br)cc1C(=O)NC(C1CC1)C1CC1. The molecule has 6 heteroatoms. The van der Waals surface area contributed by atoms with E-state index in [9.17, 15) is 4.79 Å². The molecular formula is C13H17BrN4O. The Morgan fingerprint density at radius 1 is 1.37 bits per heavy atom. The molecule has 0 aliphatic heterocycles. The van der Waals surface area contributed by atoms with E-state index in [4.69, 9.17) is 5.84 Å². The van der Waals surface area contributed by atoms with Crippen LogP contribution < -0.4 is 16.6 Å². The number of nitrogens with one attached hydrogen (secondary N) is 2. The topological polar surface area (TPSA) is 80.0 Å². The van der Waals surface area contributed by atoms with Gasteiger partial charge in [-0.2, -0.15) is 0 Å². The third kappa shape index (κ3) is 2.90. The van der Waals surface area contributed by atoms with E-state index in [0.29, 0.717) is 29.3 Å². The number of pyridine rings is 1. The molecule has 0 spiro atoms. The van der Waals surface area contributed by atoms with Crippen molar-refractivity contribution in [1.82, 2.24) is 10.3 Å². The Kier molecular flexibility index (Phi) is 3.45. The highest BCUT2D eigenvalue weighted by atomic mass is 79.9. The van der Waals surface area contributed by atoms with E-state index in [1.807, 2.05) is 0 Å². The number of nitrogen functional groups attached to an aromatic ring is 1. The Balaban J connectivity index is 1.77. The van der Waals surface area contributed by atoms with E-state index in [1.54, 1.807) is 12.3 Å². The maximum absolute atomic E-state index is 12.4. The number of carbonyl (C=O) groups is 1. The molecule has 102 valence electrons. The van der Waals surface area contributed by atoms with Crippen LogP contribution in [0.2, 0.25) is 0 Å². The first-order valence-electron chi connectivity index (χ1n) is 6.62. The van der Waals surface area contributed by atoms with Crippen LogP contribution >= 0.6 is 15.9 Å². The molecule has 1 aromatic rings. The first-order chi connectivity index (χ1) is 9.19. The van der Waals surface area contributed by atoms with Crippen molar-refractivity contribution in [2.75, 3.05) is 5.43 Å². The summed E-state index contributed by atoms with van der Waals surface area (Å²) < 4.78 is 0.769. The zero-order valence-corrected chi connectivity index (χ0v) is 12.1. The highest BCUT2D eigenvalue weighted by Gasteiger charge is 2.42. The normalized spacial score (nSPS) is 18.5. The van der Waals surface area contributed by atoms with Crippen molar-refractivity contribution in [3.63, 3.8) is 0 Å².